The van der Waals surface area contributed by atoms with Crippen molar-refractivity contribution in [1.82, 2.24) is 0 Å². The number of hydrogen-bond donors (Lipinski definition) is 1. The fourth-order valence-electron chi connectivity index (χ4n) is 2.46. The van der Waals surface area contributed by atoms with E-state index in [1.807, 2.05) is 12.1 Å². The van der Waals surface area contributed by atoms with Crippen LogP contribution in [0.5, 0.6) is 0 Å². The summed E-state index contributed by atoms with van der Waals surface area (Å²) in [6.07, 6.45) is 3.96. The Bertz CT molecular complexity index is 580. The molecule has 0 heterocycles. The second kappa shape index (κ2) is 20.9. The van der Waals surface area contributed by atoms with Crippen LogP contribution in [0.25, 0.3) is 0 Å². The lowest BCUT2D eigenvalue weighted by molar-refractivity contribution is -0.0140. The van der Waals surface area contributed by atoms with E-state index in [0.29, 0.717) is 71.6 Å². The summed E-state index contributed by atoms with van der Waals surface area (Å²) >= 11 is 0. The summed E-state index contributed by atoms with van der Waals surface area (Å²) in [6.45, 7) is 11.8. The molecule has 0 amide bonds. The number of esters is 1. The highest BCUT2D eigenvalue weighted by Gasteiger charge is 2.06. The van der Waals surface area contributed by atoms with Gasteiger partial charge in [-0.3, -0.25) is 0 Å². The summed E-state index contributed by atoms with van der Waals surface area (Å²) in [6, 6.07) is 7.30. The highest BCUT2D eigenvalue weighted by molar-refractivity contribution is 5.89. The van der Waals surface area contributed by atoms with Gasteiger partial charge >= 0.3 is 5.97 Å². The van der Waals surface area contributed by atoms with Crippen LogP contribution in [0.2, 0.25) is 0 Å². The Morgan fingerprint density at radius 3 is 1.81 bits per heavy atom. The maximum Gasteiger partial charge on any atom is 0.338 e. The van der Waals surface area contributed by atoms with Crippen molar-refractivity contribution in [2.75, 3.05) is 84.5 Å². The molecule has 0 aliphatic carbocycles. The van der Waals surface area contributed by atoms with Gasteiger partial charge in [0.1, 0.15) is 6.61 Å². The molecule has 0 saturated heterocycles. The average Bonchev–Trinajstić information content (AvgIpc) is 2.81. The zero-order valence-corrected chi connectivity index (χ0v) is 19.4. The fourth-order valence-corrected chi connectivity index (χ4v) is 2.46. The molecule has 1 N–H and O–H groups in total. The maximum atomic E-state index is 12.0. The lowest BCUT2D eigenvalue weighted by Gasteiger charge is -2.09. The minimum Gasteiger partial charge on any atom is -0.460 e. The van der Waals surface area contributed by atoms with Crippen molar-refractivity contribution in [3.63, 3.8) is 0 Å². The van der Waals surface area contributed by atoms with E-state index >= 15 is 0 Å². The van der Waals surface area contributed by atoms with Gasteiger partial charge in [0.15, 0.2) is 0 Å². The lowest BCUT2D eigenvalue weighted by atomic mass is 10.2. The molecule has 1 rings (SSSR count). The number of carbonyl (C=O) groups excluding carboxylic acids is 1. The Labute approximate surface area is 192 Å². The van der Waals surface area contributed by atoms with Gasteiger partial charge in [-0.05, 0) is 30.7 Å². The minimum absolute atomic E-state index is 0.205. The molecule has 32 heavy (non-hydrogen) atoms. The van der Waals surface area contributed by atoms with E-state index in [0.717, 1.165) is 25.1 Å². The zero-order chi connectivity index (χ0) is 23.1. The third-order valence-corrected chi connectivity index (χ3v) is 4.16. The quantitative estimate of drug-likeness (QED) is 0.163. The summed E-state index contributed by atoms with van der Waals surface area (Å²) in [7, 11) is 0. The molecular weight excluding hydrogens is 414 g/mol. The zero-order valence-electron chi connectivity index (χ0n) is 19.4. The normalized spacial score (nSPS) is 10.8. The van der Waals surface area contributed by atoms with Crippen LogP contribution in [0.1, 0.15) is 30.1 Å². The van der Waals surface area contributed by atoms with E-state index in [1.165, 1.54) is 0 Å². The van der Waals surface area contributed by atoms with Crippen molar-refractivity contribution in [2.24, 2.45) is 0 Å². The van der Waals surface area contributed by atoms with Crippen LogP contribution in [-0.4, -0.2) is 85.2 Å². The van der Waals surface area contributed by atoms with Crippen molar-refractivity contribution < 1.29 is 33.2 Å². The van der Waals surface area contributed by atoms with Crippen LogP contribution in [0.15, 0.2) is 36.9 Å². The molecule has 0 unspecified atom stereocenters. The SMILES string of the molecule is C=CCOCCOCCOCCOCCOCCOC(=O)c1ccc(NCCCC)cc1. The van der Waals surface area contributed by atoms with E-state index in [4.69, 9.17) is 28.4 Å². The summed E-state index contributed by atoms with van der Waals surface area (Å²) in [4.78, 5) is 12.0. The van der Waals surface area contributed by atoms with E-state index in [9.17, 15) is 4.79 Å². The summed E-state index contributed by atoms with van der Waals surface area (Å²) in [5.74, 6) is -0.352. The summed E-state index contributed by atoms with van der Waals surface area (Å²) in [5.41, 5.74) is 1.53. The van der Waals surface area contributed by atoms with Crippen LogP contribution < -0.4 is 5.32 Å². The van der Waals surface area contributed by atoms with Gasteiger partial charge in [-0.2, -0.15) is 0 Å². The monoisotopic (exact) mass is 453 g/mol. The number of nitrogens with one attached hydrogen (secondary N) is 1. The molecule has 0 spiro atoms. The van der Waals surface area contributed by atoms with E-state index in [1.54, 1.807) is 18.2 Å². The van der Waals surface area contributed by atoms with Gasteiger partial charge in [0, 0.05) is 12.2 Å². The third-order valence-electron chi connectivity index (χ3n) is 4.16. The molecule has 182 valence electrons. The van der Waals surface area contributed by atoms with Crippen molar-refractivity contribution in [2.45, 2.75) is 19.8 Å². The smallest absolute Gasteiger partial charge is 0.338 e. The molecule has 0 saturated carbocycles. The van der Waals surface area contributed by atoms with Gasteiger partial charge in [0.25, 0.3) is 0 Å². The molecule has 0 bridgehead atoms. The molecule has 0 radical (unpaired) electrons. The first-order chi connectivity index (χ1) is 15.8. The predicted molar refractivity (Wildman–Crippen MR) is 124 cm³/mol. The maximum absolute atomic E-state index is 12.0. The highest BCUT2D eigenvalue weighted by atomic mass is 16.6. The standard InChI is InChI=1S/C24H39NO7/c1-3-5-10-25-23-8-6-22(7-9-23)24(26)32-21-20-31-19-18-30-17-16-29-15-14-28-13-12-27-11-4-2/h4,6-9,25H,2-3,5,10-21H2,1H3. The molecule has 8 nitrogen and oxygen atoms in total. The third kappa shape index (κ3) is 15.8. The van der Waals surface area contributed by atoms with Gasteiger partial charge in [0.2, 0.25) is 0 Å². The molecule has 0 aliphatic heterocycles. The van der Waals surface area contributed by atoms with Crippen molar-refractivity contribution in [1.29, 1.82) is 0 Å². The summed E-state index contributed by atoms with van der Waals surface area (Å²) in [5, 5.41) is 3.31. The molecular formula is C24H39NO7. The molecule has 1 aromatic carbocycles. The summed E-state index contributed by atoms with van der Waals surface area (Å²) < 4.78 is 32.0. The van der Waals surface area contributed by atoms with Crippen LogP contribution in [0, 0.1) is 0 Å². The number of anilines is 1. The van der Waals surface area contributed by atoms with Crippen molar-refractivity contribution >= 4 is 11.7 Å². The Balaban J connectivity index is 1.87. The number of hydrogen-bond acceptors (Lipinski definition) is 8. The van der Waals surface area contributed by atoms with Crippen LogP contribution in [0.3, 0.4) is 0 Å². The molecule has 0 atom stereocenters. The molecule has 0 aliphatic rings. The van der Waals surface area contributed by atoms with Crippen LogP contribution in [0.4, 0.5) is 5.69 Å². The first-order valence-electron chi connectivity index (χ1n) is 11.3. The van der Waals surface area contributed by atoms with Gasteiger partial charge in [-0.25, -0.2) is 4.79 Å². The second-order valence-corrected chi connectivity index (χ2v) is 6.81. The van der Waals surface area contributed by atoms with Crippen LogP contribution in [-0.2, 0) is 28.4 Å². The number of rotatable bonds is 22. The highest BCUT2D eigenvalue weighted by Crippen LogP contribution is 2.10. The second-order valence-electron chi connectivity index (χ2n) is 6.81. The van der Waals surface area contributed by atoms with E-state index < -0.39 is 0 Å². The Hall–Kier alpha value is -1.97. The average molecular weight is 454 g/mol. The molecule has 0 fully saturated rings. The number of ether oxygens (including phenoxy) is 6. The Kier molecular flexibility index (Phi) is 18.3. The van der Waals surface area contributed by atoms with Gasteiger partial charge in [0.05, 0.1) is 71.6 Å². The topological polar surface area (TPSA) is 84.5 Å². The van der Waals surface area contributed by atoms with Crippen molar-refractivity contribution in [3.8, 4) is 0 Å². The predicted octanol–water partition coefficient (Wildman–Crippen LogP) is 3.32. The van der Waals surface area contributed by atoms with E-state index in [2.05, 4.69) is 18.8 Å². The van der Waals surface area contributed by atoms with Crippen LogP contribution >= 0.6 is 0 Å². The first kappa shape index (κ1) is 28.1. The molecule has 0 aromatic heterocycles. The largest absolute Gasteiger partial charge is 0.460 e. The van der Waals surface area contributed by atoms with E-state index in [-0.39, 0.29) is 12.6 Å². The number of unbranched alkanes of at least 4 members (excludes halogenated alkanes) is 1. The minimum atomic E-state index is -0.352. The molecule has 8 heteroatoms. The van der Waals surface area contributed by atoms with Gasteiger partial charge in [-0.15, -0.1) is 6.58 Å². The Morgan fingerprint density at radius 1 is 0.812 bits per heavy atom. The fraction of sp³-hybridized carbons (Fsp3) is 0.625. The number of benzene rings is 1. The first-order valence-corrected chi connectivity index (χ1v) is 11.3. The van der Waals surface area contributed by atoms with Gasteiger partial charge in [-0.1, -0.05) is 19.4 Å². The van der Waals surface area contributed by atoms with Crippen molar-refractivity contribution in [3.05, 3.63) is 42.5 Å². The van der Waals surface area contributed by atoms with Gasteiger partial charge < -0.3 is 33.7 Å². The number of carbonyl (C=O) groups is 1. The Morgan fingerprint density at radius 2 is 1.31 bits per heavy atom. The lowest BCUT2D eigenvalue weighted by Crippen LogP contribution is -2.15. The molecule has 1 aromatic rings.